The van der Waals surface area contributed by atoms with E-state index in [0.717, 1.165) is 16.5 Å². The molecule has 1 N–H and O–H groups in total. The van der Waals surface area contributed by atoms with Crippen LogP contribution in [0.3, 0.4) is 0 Å². The van der Waals surface area contributed by atoms with Crippen molar-refractivity contribution in [2.45, 2.75) is 6.92 Å². The van der Waals surface area contributed by atoms with Crippen LogP contribution in [0.15, 0.2) is 41.3 Å². The molecule has 1 aromatic carbocycles. The zero-order valence-electron chi connectivity index (χ0n) is 9.12. The Balaban J connectivity index is 2.32. The molecule has 16 heavy (non-hydrogen) atoms. The number of furan rings is 1. The lowest BCUT2D eigenvalue weighted by Gasteiger charge is -1.96. The van der Waals surface area contributed by atoms with Crippen LogP contribution in [-0.2, 0) is 0 Å². The molecule has 3 nitrogen and oxygen atoms in total. The highest BCUT2D eigenvalue weighted by Crippen LogP contribution is 2.20. The number of carbonyl (C=O) groups excluding carboxylic acids is 1. The molecule has 82 valence electrons. The zero-order chi connectivity index (χ0) is 11.5. The van der Waals surface area contributed by atoms with Gasteiger partial charge in [-0.05, 0) is 24.6 Å². The van der Waals surface area contributed by atoms with Crippen molar-refractivity contribution in [3.63, 3.8) is 0 Å². The first-order valence-electron chi connectivity index (χ1n) is 5.10. The van der Waals surface area contributed by atoms with E-state index in [1.807, 2.05) is 25.1 Å². The number of nitrogens with one attached hydrogen (secondary N) is 1. The van der Waals surface area contributed by atoms with Crippen LogP contribution in [0.2, 0.25) is 0 Å². The van der Waals surface area contributed by atoms with Crippen molar-refractivity contribution in [1.82, 2.24) is 5.32 Å². The van der Waals surface area contributed by atoms with Gasteiger partial charge in [-0.25, -0.2) is 0 Å². The minimum Gasteiger partial charge on any atom is -0.451 e. The van der Waals surface area contributed by atoms with E-state index in [9.17, 15) is 4.79 Å². The molecule has 0 aliphatic rings. The third kappa shape index (κ3) is 1.98. The van der Waals surface area contributed by atoms with E-state index in [4.69, 9.17) is 4.42 Å². The molecule has 0 saturated carbocycles. The average molecular weight is 215 g/mol. The Kier molecular flexibility index (Phi) is 2.77. The van der Waals surface area contributed by atoms with Gasteiger partial charge in [0.15, 0.2) is 5.76 Å². The Bertz CT molecular complexity index is 540. The van der Waals surface area contributed by atoms with Crippen LogP contribution < -0.4 is 5.32 Å². The molecule has 0 radical (unpaired) electrons. The molecular weight excluding hydrogens is 202 g/mol. The quantitative estimate of drug-likeness (QED) is 0.800. The van der Waals surface area contributed by atoms with Gasteiger partial charge in [0, 0.05) is 11.9 Å². The summed E-state index contributed by atoms with van der Waals surface area (Å²) in [5.74, 6) is 0.121. The van der Waals surface area contributed by atoms with Gasteiger partial charge in [-0.1, -0.05) is 18.2 Å². The summed E-state index contributed by atoms with van der Waals surface area (Å²) in [6, 6.07) is 7.59. The predicted octanol–water partition coefficient (Wildman–Crippen LogP) is 2.66. The first kappa shape index (κ1) is 10.5. The van der Waals surface area contributed by atoms with E-state index in [1.54, 1.807) is 12.1 Å². The molecule has 1 amide bonds. The number of rotatable bonds is 3. The van der Waals surface area contributed by atoms with Crippen LogP contribution >= 0.6 is 0 Å². The number of benzene rings is 1. The number of aryl methyl sites for hydroxylation is 1. The predicted molar refractivity (Wildman–Crippen MR) is 63.5 cm³/mol. The van der Waals surface area contributed by atoms with E-state index in [1.165, 1.54) is 0 Å². The van der Waals surface area contributed by atoms with Gasteiger partial charge < -0.3 is 9.73 Å². The normalized spacial score (nSPS) is 10.3. The van der Waals surface area contributed by atoms with Crippen molar-refractivity contribution in [3.05, 3.63) is 48.2 Å². The minimum atomic E-state index is -0.214. The van der Waals surface area contributed by atoms with Crippen LogP contribution in [0.1, 0.15) is 16.1 Å². The van der Waals surface area contributed by atoms with E-state index < -0.39 is 0 Å². The summed E-state index contributed by atoms with van der Waals surface area (Å²) >= 11 is 0. The number of hydrogen-bond acceptors (Lipinski definition) is 2. The maximum absolute atomic E-state index is 11.6. The van der Waals surface area contributed by atoms with Gasteiger partial charge in [-0.2, -0.15) is 0 Å². The molecule has 2 aromatic rings. The van der Waals surface area contributed by atoms with Crippen molar-refractivity contribution in [2.75, 3.05) is 6.54 Å². The summed E-state index contributed by atoms with van der Waals surface area (Å²) in [5, 5.41) is 3.61. The summed E-state index contributed by atoms with van der Waals surface area (Å²) in [5.41, 5.74) is 1.85. The van der Waals surface area contributed by atoms with Gasteiger partial charge in [0.05, 0.1) is 0 Å². The van der Waals surface area contributed by atoms with Gasteiger partial charge in [-0.15, -0.1) is 6.58 Å². The minimum absolute atomic E-state index is 0.214. The molecule has 0 bridgehead atoms. The van der Waals surface area contributed by atoms with E-state index in [2.05, 4.69) is 11.9 Å². The lowest BCUT2D eigenvalue weighted by molar-refractivity contribution is 0.0932. The smallest absolute Gasteiger partial charge is 0.287 e. The van der Waals surface area contributed by atoms with Gasteiger partial charge in [0.1, 0.15) is 5.58 Å². The van der Waals surface area contributed by atoms with Gasteiger partial charge in [0.25, 0.3) is 5.91 Å². The van der Waals surface area contributed by atoms with Crippen LogP contribution in [0, 0.1) is 6.92 Å². The van der Waals surface area contributed by atoms with E-state index >= 15 is 0 Å². The number of carbonyl (C=O) groups is 1. The SMILES string of the molecule is C=CCNC(=O)c1cc2ccc(C)cc2o1. The van der Waals surface area contributed by atoms with Crippen molar-refractivity contribution >= 4 is 16.9 Å². The topological polar surface area (TPSA) is 42.2 Å². The van der Waals surface area contributed by atoms with Gasteiger partial charge in [0.2, 0.25) is 0 Å². The molecule has 0 saturated heterocycles. The average Bonchev–Trinajstić information content (AvgIpc) is 2.68. The van der Waals surface area contributed by atoms with Crippen LogP contribution in [0.25, 0.3) is 11.0 Å². The molecule has 1 heterocycles. The molecule has 0 spiro atoms. The van der Waals surface area contributed by atoms with Crippen LogP contribution in [0.5, 0.6) is 0 Å². The second-order valence-corrected chi connectivity index (χ2v) is 3.65. The Morgan fingerprint density at radius 3 is 3.06 bits per heavy atom. The van der Waals surface area contributed by atoms with Gasteiger partial charge >= 0.3 is 0 Å². The molecule has 0 unspecified atom stereocenters. The van der Waals surface area contributed by atoms with Crippen molar-refractivity contribution in [1.29, 1.82) is 0 Å². The summed E-state index contributed by atoms with van der Waals surface area (Å²) in [6.45, 7) is 5.96. The maximum Gasteiger partial charge on any atom is 0.287 e. The fourth-order valence-electron chi connectivity index (χ4n) is 1.50. The Morgan fingerprint density at radius 2 is 2.31 bits per heavy atom. The fourth-order valence-corrected chi connectivity index (χ4v) is 1.50. The van der Waals surface area contributed by atoms with Crippen molar-refractivity contribution in [3.8, 4) is 0 Å². The molecule has 0 aliphatic carbocycles. The maximum atomic E-state index is 11.6. The van der Waals surface area contributed by atoms with Gasteiger partial charge in [-0.3, -0.25) is 4.79 Å². The van der Waals surface area contributed by atoms with Crippen molar-refractivity contribution < 1.29 is 9.21 Å². The number of hydrogen-bond donors (Lipinski definition) is 1. The van der Waals surface area contributed by atoms with Crippen LogP contribution in [0.4, 0.5) is 0 Å². The molecule has 1 aromatic heterocycles. The van der Waals surface area contributed by atoms with Crippen molar-refractivity contribution in [2.24, 2.45) is 0 Å². The summed E-state index contributed by atoms with van der Waals surface area (Å²) in [4.78, 5) is 11.6. The molecular formula is C13H13NO2. The highest BCUT2D eigenvalue weighted by molar-refractivity contribution is 5.96. The molecule has 0 atom stereocenters. The monoisotopic (exact) mass is 215 g/mol. The third-order valence-electron chi connectivity index (χ3n) is 2.31. The highest BCUT2D eigenvalue weighted by Gasteiger charge is 2.10. The third-order valence-corrected chi connectivity index (χ3v) is 2.31. The number of amides is 1. The lowest BCUT2D eigenvalue weighted by Crippen LogP contribution is -2.22. The largest absolute Gasteiger partial charge is 0.451 e. The zero-order valence-corrected chi connectivity index (χ0v) is 9.12. The second kappa shape index (κ2) is 4.23. The van der Waals surface area contributed by atoms with Crippen LogP contribution in [-0.4, -0.2) is 12.5 Å². The summed E-state index contributed by atoms with van der Waals surface area (Å²) in [6.07, 6.45) is 1.63. The fraction of sp³-hybridized carbons (Fsp3) is 0.154. The Labute approximate surface area is 93.8 Å². The lowest BCUT2D eigenvalue weighted by atomic mass is 10.2. The molecule has 0 aliphatic heterocycles. The first-order chi connectivity index (χ1) is 7.70. The Morgan fingerprint density at radius 1 is 1.50 bits per heavy atom. The summed E-state index contributed by atoms with van der Waals surface area (Å²) < 4.78 is 5.46. The molecule has 0 fully saturated rings. The summed E-state index contributed by atoms with van der Waals surface area (Å²) in [7, 11) is 0. The van der Waals surface area contributed by atoms with E-state index in [-0.39, 0.29) is 5.91 Å². The molecule has 2 rings (SSSR count). The molecule has 3 heteroatoms. The highest BCUT2D eigenvalue weighted by atomic mass is 16.3. The standard InChI is InChI=1S/C13H13NO2/c1-3-6-14-13(15)12-8-10-5-4-9(2)7-11(10)16-12/h3-5,7-8H,1,6H2,2H3,(H,14,15). The Hall–Kier alpha value is -2.03. The first-order valence-corrected chi connectivity index (χ1v) is 5.10. The van der Waals surface area contributed by atoms with E-state index in [0.29, 0.717) is 12.3 Å². The second-order valence-electron chi connectivity index (χ2n) is 3.65. The number of fused-ring (bicyclic) bond motifs is 1.